The monoisotopic (exact) mass is 458 g/mol. The number of carbonyl (C=O) groups is 1. The van der Waals surface area contributed by atoms with Crippen LogP contribution in [0.5, 0.6) is 0 Å². The molecular formula is C21H17F3N6O3. The molecule has 9 nitrogen and oxygen atoms in total. The molecule has 3 heterocycles. The number of halogens is 3. The Kier molecular flexibility index (Phi) is 5.87. The molecule has 0 amide bonds. The van der Waals surface area contributed by atoms with E-state index in [-0.39, 0.29) is 24.9 Å². The van der Waals surface area contributed by atoms with Crippen LogP contribution in [-0.4, -0.2) is 34.1 Å². The molecule has 0 aliphatic carbocycles. The predicted molar refractivity (Wildman–Crippen MR) is 110 cm³/mol. The van der Waals surface area contributed by atoms with Gasteiger partial charge in [0.1, 0.15) is 12.1 Å². The SMILES string of the molecule is [C-]#[N+]c1ccc(N2CCc3c(ncnc3Nc3ncc(C(=O)OCC)o3)C2)cc1C(F)(F)F. The summed E-state index contributed by atoms with van der Waals surface area (Å²) >= 11 is 0. The summed E-state index contributed by atoms with van der Waals surface area (Å²) < 4.78 is 50.2. The van der Waals surface area contributed by atoms with Crippen LogP contribution < -0.4 is 10.2 Å². The van der Waals surface area contributed by atoms with Gasteiger partial charge in [0, 0.05) is 17.8 Å². The van der Waals surface area contributed by atoms with Crippen molar-refractivity contribution in [2.45, 2.75) is 26.1 Å². The molecule has 3 aromatic rings. The number of hydrogen-bond acceptors (Lipinski definition) is 8. The van der Waals surface area contributed by atoms with E-state index in [1.165, 1.54) is 24.7 Å². The second-order valence-corrected chi connectivity index (χ2v) is 7.01. The van der Waals surface area contributed by atoms with E-state index in [9.17, 15) is 18.0 Å². The number of aromatic nitrogens is 3. The molecule has 0 saturated carbocycles. The summed E-state index contributed by atoms with van der Waals surface area (Å²) in [7, 11) is 0. The quantitative estimate of drug-likeness (QED) is 0.440. The van der Waals surface area contributed by atoms with Crippen LogP contribution in [0.25, 0.3) is 4.85 Å². The van der Waals surface area contributed by atoms with E-state index in [2.05, 4.69) is 25.1 Å². The predicted octanol–water partition coefficient (Wildman–Crippen LogP) is 4.52. The molecule has 4 rings (SSSR count). The van der Waals surface area contributed by atoms with Gasteiger partial charge in [-0.3, -0.25) is 5.32 Å². The Balaban J connectivity index is 1.55. The molecule has 0 unspecified atom stereocenters. The van der Waals surface area contributed by atoms with Crippen molar-refractivity contribution >= 4 is 29.2 Å². The van der Waals surface area contributed by atoms with Crippen molar-refractivity contribution in [3.05, 3.63) is 64.7 Å². The molecule has 2 aromatic heterocycles. The van der Waals surface area contributed by atoms with E-state index < -0.39 is 23.4 Å². The Hall–Kier alpha value is -4.14. The van der Waals surface area contributed by atoms with Gasteiger partial charge in [0.2, 0.25) is 5.76 Å². The zero-order chi connectivity index (χ0) is 23.6. The first-order chi connectivity index (χ1) is 15.8. The molecule has 1 aromatic carbocycles. The number of esters is 1. The first-order valence-electron chi connectivity index (χ1n) is 9.86. The molecule has 0 spiro atoms. The number of benzene rings is 1. The smallest absolute Gasteiger partial charge is 0.407 e. The molecule has 12 heteroatoms. The van der Waals surface area contributed by atoms with Gasteiger partial charge in [0.15, 0.2) is 5.69 Å². The number of alkyl halides is 3. The van der Waals surface area contributed by atoms with Gasteiger partial charge in [-0.15, -0.1) is 0 Å². The fourth-order valence-corrected chi connectivity index (χ4v) is 3.46. The second kappa shape index (κ2) is 8.78. The van der Waals surface area contributed by atoms with E-state index >= 15 is 0 Å². The lowest BCUT2D eigenvalue weighted by Gasteiger charge is -2.31. The van der Waals surface area contributed by atoms with E-state index in [4.69, 9.17) is 15.7 Å². The van der Waals surface area contributed by atoms with Crippen LogP contribution in [0.2, 0.25) is 0 Å². The molecule has 0 fully saturated rings. The van der Waals surface area contributed by atoms with Gasteiger partial charge in [-0.1, -0.05) is 6.07 Å². The Labute approximate surface area is 186 Å². The molecule has 0 bridgehead atoms. The minimum absolute atomic E-state index is 0.0472. The number of oxazole rings is 1. The third-order valence-corrected chi connectivity index (χ3v) is 4.99. The molecule has 1 aliphatic rings. The highest BCUT2D eigenvalue weighted by Gasteiger charge is 2.34. The van der Waals surface area contributed by atoms with Crippen molar-refractivity contribution in [1.82, 2.24) is 15.0 Å². The highest BCUT2D eigenvalue weighted by Crippen LogP contribution is 2.39. The van der Waals surface area contributed by atoms with Crippen LogP contribution >= 0.6 is 0 Å². The fourth-order valence-electron chi connectivity index (χ4n) is 3.46. The van der Waals surface area contributed by atoms with Crippen LogP contribution in [0.1, 0.15) is 34.3 Å². The summed E-state index contributed by atoms with van der Waals surface area (Å²) in [5, 5.41) is 2.91. The first kappa shape index (κ1) is 22.1. The maximum absolute atomic E-state index is 13.3. The van der Waals surface area contributed by atoms with Crippen LogP contribution in [0.3, 0.4) is 0 Å². The Morgan fingerprint density at radius 2 is 2.15 bits per heavy atom. The van der Waals surface area contributed by atoms with Crippen molar-refractivity contribution in [2.75, 3.05) is 23.4 Å². The maximum atomic E-state index is 13.3. The van der Waals surface area contributed by atoms with Crippen molar-refractivity contribution in [2.24, 2.45) is 0 Å². The van der Waals surface area contributed by atoms with Crippen LogP contribution in [0.15, 0.2) is 35.1 Å². The van der Waals surface area contributed by atoms with E-state index in [0.29, 0.717) is 30.2 Å². The summed E-state index contributed by atoms with van der Waals surface area (Å²) in [6.45, 7) is 9.52. The molecule has 1 aliphatic heterocycles. The average molecular weight is 458 g/mol. The van der Waals surface area contributed by atoms with Gasteiger partial charge in [-0.05, 0) is 25.5 Å². The lowest BCUT2D eigenvalue weighted by molar-refractivity contribution is -0.136. The number of rotatable bonds is 5. The summed E-state index contributed by atoms with van der Waals surface area (Å²) in [5.41, 5.74) is 0.329. The van der Waals surface area contributed by atoms with Crippen molar-refractivity contribution in [1.29, 1.82) is 0 Å². The highest BCUT2D eigenvalue weighted by atomic mass is 19.4. The normalized spacial score (nSPS) is 13.2. The summed E-state index contributed by atoms with van der Waals surface area (Å²) in [6, 6.07) is 3.71. The largest absolute Gasteiger partial charge is 0.460 e. The van der Waals surface area contributed by atoms with Gasteiger partial charge in [0.05, 0.1) is 37.2 Å². The van der Waals surface area contributed by atoms with E-state index in [1.54, 1.807) is 11.8 Å². The molecule has 1 N–H and O–H groups in total. The molecule has 0 saturated heterocycles. The zero-order valence-electron chi connectivity index (χ0n) is 17.3. The van der Waals surface area contributed by atoms with Crippen LogP contribution in [0, 0.1) is 6.57 Å². The number of carbonyl (C=O) groups excluding carboxylic acids is 1. The third kappa shape index (κ3) is 4.57. The number of anilines is 3. The number of nitrogens with one attached hydrogen (secondary N) is 1. The summed E-state index contributed by atoms with van der Waals surface area (Å²) in [6.07, 6.45) is -1.62. The van der Waals surface area contributed by atoms with Gasteiger partial charge < -0.3 is 14.1 Å². The topological polar surface area (TPSA) is 97.7 Å². The number of nitrogens with zero attached hydrogens (tertiary/aromatic N) is 5. The second-order valence-electron chi connectivity index (χ2n) is 7.01. The number of fused-ring (bicyclic) bond motifs is 1. The van der Waals surface area contributed by atoms with Gasteiger partial charge >= 0.3 is 18.2 Å². The van der Waals surface area contributed by atoms with E-state index in [0.717, 1.165) is 11.6 Å². The van der Waals surface area contributed by atoms with Gasteiger partial charge in [-0.2, -0.15) is 13.2 Å². The average Bonchev–Trinajstić information content (AvgIpc) is 3.27. The molecular weight excluding hydrogens is 441 g/mol. The minimum Gasteiger partial charge on any atom is -0.460 e. The molecule has 170 valence electrons. The standard InChI is InChI=1S/C21H17F3N6O3/c1-3-32-19(31)17-9-26-20(33-17)29-18-13-6-7-30(10-16(13)27-11-28-18)12-4-5-15(25-2)14(8-12)21(22,23)24/h4-5,8-9,11H,3,6-7,10H2,1H3,(H,26,27,28,29). The first-order valence-corrected chi connectivity index (χ1v) is 9.86. The highest BCUT2D eigenvalue weighted by molar-refractivity contribution is 5.86. The summed E-state index contributed by atoms with van der Waals surface area (Å²) in [4.78, 5) is 28.9. The van der Waals surface area contributed by atoms with Crippen LogP contribution in [-0.2, 0) is 23.9 Å². The minimum atomic E-state index is -4.62. The Morgan fingerprint density at radius 1 is 1.33 bits per heavy atom. The van der Waals surface area contributed by atoms with Gasteiger partial charge in [0.25, 0.3) is 0 Å². The molecule has 0 radical (unpaired) electrons. The van der Waals surface area contributed by atoms with Crippen LogP contribution in [0.4, 0.5) is 36.4 Å². The summed E-state index contributed by atoms with van der Waals surface area (Å²) in [5.74, 6) is -0.270. The number of hydrogen-bond donors (Lipinski definition) is 1. The zero-order valence-corrected chi connectivity index (χ0v) is 17.3. The molecule has 0 atom stereocenters. The Morgan fingerprint density at radius 3 is 2.88 bits per heavy atom. The third-order valence-electron chi connectivity index (χ3n) is 4.99. The Bertz CT molecular complexity index is 1230. The van der Waals surface area contributed by atoms with Gasteiger partial charge in [-0.25, -0.2) is 24.6 Å². The lowest BCUT2D eigenvalue weighted by atomic mass is 10.0. The van der Waals surface area contributed by atoms with Crippen molar-refractivity contribution in [3.63, 3.8) is 0 Å². The fraction of sp³-hybridized carbons (Fsp3) is 0.286. The lowest BCUT2D eigenvalue weighted by Crippen LogP contribution is -2.32. The maximum Gasteiger partial charge on any atom is 0.407 e. The molecule has 33 heavy (non-hydrogen) atoms. The van der Waals surface area contributed by atoms with Crippen molar-refractivity contribution in [3.8, 4) is 0 Å². The number of ether oxygens (including phenoxy) is 1. The van der Waals surface area contributed by atoms with Crippen molar-refractivity contribution < 1.29 is 27.1 Å². The van der Waals surface area contributed by atoms with E-state index in [1.807, 2.05) is 0 Å².